The summed E-state index contributed by atoms with van der Waals surface area (Å²) in [5.74, 6) is 0.214. The number of fused-ring (bicyclic) bond motifs is 1. The summed E-state index contributed by atoms with van der Waals surface area (Å²) in [5.41, 5.74) is -0.212. The normalized spacial score (nSPS) is 42.9. The van der Waals surface area contributed by atoms with E-state index in [1.165, 1.54) is 0 Å². The highest BCUT2D eigenvalue weighted by Gasteiger charge is 2.72. The average molecular weight is 273 g/mol. The fraction of sp³-hybridized carbons (Fsp3) is 0.769. The molecule has 18 heavy (non-hydrogen) atoms. The summed E-state index contributed by atoms with van der Waals surface area (Å²) in [6.07, 6.45) is 3.96. The van der Waals surface area contributed by atoms with Crippen LogP contribution in [0.1, 0.15) is 33.1 Å². The number of sulfonamides is 1. The summed E-state index contributed by atoms with van der Waals surface area (Å²) in [4.78, 5) is 11.9. The van der Waals surface area contributed by atoms with Crippen molar-refractivity contribution in [2.75, 3.05) is 5.75 Å². The van der Waals surface area contributed by atoms with Gasteiger partial charge in [0.2, 0.25) is 10.0 Å². The van der Waals surface area contributed by atoms with Crippen LogP contribution in [-0.2, 0) is 14.8 Å². The highest BCUT2D eigenvalue weighted by Crippen LogP contribution is 2.69. The fourth-order valence-electron chi connectivity index (χ4n) is 4.67. The van der Waals surface area contributed by atoms with Gasteiger partial charge in [-0.1, -0.05) is 20.4 Å². The summed E-state index contributed by atoms with van der Waals surface area (Å²) in [7, 11) is -3.46. The topological polar surface area (TPSA) is 54.5 Å². The molecule has 0 aromatic heterocycles. The van der Waals surface area contributed by atoms with Crippen LogP contribution in [0.15, 0.2) is 12.7 Å². The van der Waals surface area contributed by atoms with Gasteiger partial charge in [-0.15, -0.1) is 0 Å². The molecule has 100 valence electrons. The molecule has 4 nitrogen and oxygen atoms in total. The van der Waals surface area contributed by atoms with Crippen LogP contribution < -0.4 is 0 Å². The Hall–Kier alpha value is -0.840. The Balaban J connectivity index is 2.14. The summed E-state index contributed by atoms with van der Waals surface area (Å²) in [5, 5.41) is 0. The summed E-state index contributed by atoms with van der Waals surface area (Å²) >= 11 is 0. The van der Waals surface area contributed by atoms with Crippen molar-refractivity contribution in [2.45, 2.75) is 39.2 Å². The first-order chi connectivity index (χ1) is 8.26. The van der Waals surface area contributed by atoms with Crippen LogP contribution in [0.25, 0.3) is 0 Å². The van der Waals surface area contributed by atoms with Gasteiger partial charge >= 0.3 is 0 Å². The van der Waals surface area contributed by atoms with Gasteiger partial charge in [0.25, 0.3) is 5.91 Å². The molecule has 0 aromatic carbocycles. The zero-order chi connectivity index (χ0) is 13.3. The standard InChI is InChI=1S/C13H19NO3S/c1-4-11(15)14-10-7-9-5-6-13(10,12(9,2)3)8-18(14,16)17/h4,9-10H,1,5-8H2,2-3H3/t9-,10-,13-/m0/s1/i4+2,11+2. The van der Waals surface area contributed by atoms with E-state index < -0.39 is 15.9 Å². The van der Waals surface area contributed by atoms with Gasteiger partial charge in [-0.3, -0.25) is 4.79 Å². The van der Waals surface area contributed by atoms with Gasteiger partial charge in [0.05, 0.1) is 11.8 Å². The molecular formula is C13H19NO3S. The number of hydrogen-bond donors (Lipinski definition) is 0. The number of carbonyl (C=O) groups excluding carboxylic acids is 1. The minimum atomic E-state index is -3.46. The molecule has 3 fully saturated rings. The lowest BCUT2D eigenvalue weighted by Crippen LogP contribution is -2.43. The molecule has 3 aliphatic rings. The lowest BCUT2D eigenvalue weighted by Gasteiger charge is -2.36. The van der Waals surface area contributed by atoms with Crippen LogP contribution in [-0.4, -0.2) is 30.4 Å². The van der Waals surface area contributed by atoms with E-state index >= 15 is 0 Å². The first-order valence-corrected chi connectivity index (χ1v) is 8.06. The van der Waals surface area contributed by atoms with Crippen molar-refractivity contribution < 1.29 is 13.2 Å². The van der Waals surface area contributed by atoms with Gasteiger partial charge in [0.1, 0.15) is 0 Å². The number of hydrogen-bond acceptors (Lipinski definition) is 3. The van der Waals surface area contributed by atoms with Gasteiger partial charge in [-0.25, -0.2) is 12.7 Å². The fourth-order valence-corrected chi connectivity index (χ4v) is 7.19. The lowest BCUT2D eigenvalue weighted by atomic mass is 9.69. The quantitative estimate of drug-likeness (QED) is 0.681. The Labute approximate surface area is 108 Å². The zero-order valence-corrected chi connectivity index (χ0v) is 11.7. The van der Waals surface area contributed by atoms with Crippen molar-refractivity contribution in [3.63, 3.8) is 0 Å². The molecule has 3 rings (SSSR count). The van der Waals surface area contributed by atoms with E-state index in [0.717, 1.165) is 29.6 Å². The van der Waals surface area contributed by atoms with Crippen molar-refractivity contribution in [1.29, 1.82) is 0 Å². The third-order valence-electron chi connectivity index (χ3n) is 5.80. The molecule has 0 unspecified atom stereocenters. The Morgan fingerprint density at radius 1 is 1.44 bits per heavy atom. The Morgan fingerprint density at radius 3 is 2.67 bits per heavy atom. The van der Waals surface area contributed by atoms with Gasteiger partial charge in [-0.2, -0.15) is 0 Å². The SMILES string of the molecule is C=[14CH][14C](=O)N1[C@H]2C[C@@H]3CC[C@@]2(CS1(=O)=O)C3(C)C. The summed E-state index contributed by atoms with van der Waals surface area (Å²) in [6, 6.07) is -0.137. The first-order valence-electron chi connectivity index (χ1n) is 6.45. The minimum Gasteiger partial charge on any atom is -0.269 e. The van der Waals surface area contributed by atoms with E-state index in [4.69, 9.17) is 0 Å². The maximum Gasteiger partial charge on any atom is 0.259 e. The van der Waals surface area contributed by atoms with Gasteiger partial charge in [0.15, 0.2) is 0 Å². The molecule has 2 saturated carbocycles. The van der Waals surface area contributed by atoms with E-state index in [-0.39, 0.29) is 22.6 Å². The van der Waals surface area contributed by atoms with E-state index in [1.807, 2.05) is 0 Å². The number of amides is 1. The van der Waals surface area contributed by atoms with Gasteiger partial charge < -0.3 is 0 Å². The highest BCUT2D eigenvalue weighted by molar-refractivity contribution is 7.90. The van der Waals surface area contributed by atoms with Crippen molar-refractivity contribution in [3.8, 4) is 0 Å². The van der Waals surface area contributed by atoms with Crippen molar-refractivity contribution >= 4 is 15.9 Å². The molecule has 1 amide bonds. The van der Waals surface area contributed by atoms with E-state index in [9.17, 15) is 13.2 Å². The summed E-state index contributed by atoms with van der Waals surface area (Å²) < 4.78 is 25.7. The van der Waals surface area contributed by atoms with Crippen LogP contribution >= 0.6 is 0 Å². The van der Waals surface area contributed by atoms with E-state index in [0.29, 0.717) is 5.92 Å². The third kappa shape index (κ3) is 1.12. The molecule has 1 aliphatic heterocycles. The molecule has 1 saturated heterocycles. The molecular weight excluding hydrogens is 254 g/mol. The van der Waals surface area contributed by atoms with Crippen LogP contribution in [0.5, 0.6) is 0 Å². The van der Waals surface area contributed by atoms with Gasteiger partial charge in [-0.05, 0) is 36.7 Å². The predicted molar refractivity (Wildman–Crippen MR) is 68.2 cm³/mol. The second-order valence-corrected chi connectivity index (χ2v) is 8.31. The number of rotatable bonds is 1. The van der Waals surface area contributed by atoms with Crippen molar-refractivity contribution in [2.24, 2.45) is 16.7 Å². The number of nitrogens with zero attached hydrogens (tertiary/aromatic N) is 1. The van der Waals surface area contributed by atoms with Gasteiger partial charge in [0, 0.05) is 5.41 Å². The molecule has 2 aliphatic carbocycles. The predicted octanol–water partition coefficient (Wildman–Crippen LogP) is 1.54. The van der Waals surface area contributed by atoms with Crippen LogP contribution in [0.2, 0.25) is 0 Å². The average Bonchev–Trinajstić information content (AvgIpc) is 2.74. The Morgan fingerprint density at radius 2 is 2.11 bits per heavy atom. The van der Waals surface area contributed by atoms with Crippen molar-refractivity contribution in [1.82, 2.24) is 4.31 Å². The third-order valence-corrected chi connectivity index (χ3v) is 7.72. The molecule has 0 radical (unpaired) electrons. The van der Waals surface area contributed by atoms with E-state index in [2.05, 4.69) is 20.4 Å². The monoisotopic (exact) mass is 273 g/mol. The van der Waals surface area contributed by atoms with Crippen LogP contribution in [0, 0.1) is 16.7 Å². The molecule has 5 heteroatoms. The van der Waals surface area contributed by atoms with Crippen molar-refractivity contribution in [3.05, 3.63) is 12.7 Å². The minimum absolute atomic E-state index is 0.0148. The molecule has 0 aromatic rings. The molecule has 1 spiro atoms. The molecule has 3 atom stereocenters. The second-order valence-electron chi connectivity index (χ2n) is 6.46. The smallest absolute Gasteiger partial charge is 0.259 e. The molecule has 2 bridgehead atoms. The lowest BCUT2D eigenvalue weighted by molar-refractivity contribution is -0.124. The molecule has 1 heterocycles. The highest BCUT2D eigenvalue weighted by atomic mass is 32.2. The Bertz CT molecular complexity index is 536. The Kier molecular flexibility index (Phi) is 2.16. The maximum atomic E-state index is 12.3. The molecule has 0 N–H and O–H groups in total. The maximum absolute atomic E-state index is 12.3. The number of carbonyl (C=O) groups is 1. The zero-order valence-electron chi connectivity index (χ0n) is 10.8. The second kappa shape index (κ2) is 3.18. The van der Waals surface area contributed by atoms with Crippen LogP contribution in [0.3, 0.4) is 0 Å². The first kappa shape index (κ1) is 12.2. The van der Waals surface area contributed by atoms with Crippen LogP contribution in [0.4, 0.5) is 0 Å². The largest absolute Gasteiger partial charge is 0.269 e. The summed E-state index contributed by atoms with van der Waals surface area (Å²) in [6.45, 7) is 7.76. The van der Waals surface area contributed by atoms with E-state index in [1.54, 1.807) is 0 Å².